The molecular weight excluding hydrogens is 296 g/mol. The second kappa shape index (κ2) is 8.53. The third-order valence-corrected chi connectivity index (χ3v) is 4.20. The highest BCUT2D eigenvalue weighted by molar-refractivity contribution is 5.77. The number of carbonyl (C=O) groups excluding carboxylic acids is 2. The van der Waals surface area contributed by atoms with E-state index >= 15 is 0 Å². The van der Waals surface area contributed by atoms with Crippen molar-refractivity contribution in [2.24, 2.45) is 5.92 Å². The maximum absolute atomic E-state index is 12.0. The van der Waals surface area contributed by atoms with Gasteiger partial charge in [-0.3, -0.25) is 9.63 Å². The minimum atomic E-state index is -0.405. The van der Waals surface area contributed by atoms with Gasteiger partial charge in [0.15, 0.2) is 0 Å². The average Bonchev–Trinajstić information content (AvgIpc) is 2.60. The van der Waals surface area contributed by atoms with Gasteiger partial charge in [0.05, 0.1) is 7.11 Å². The van der Waals surface area contributed by atoms with Gasteiger partial charge in [-0.25, -0.2) is 9.86 Å². The third-order valence-electron chi connectivity index (χ3n) is 4.20. The number of rotatable bonds is 5. The van der Waals surface area contributed by atoms with Gasteiger partial charge in [-0.1, -0.05) is 30.3 Å². The first-order valence-electron chi connectivity index (χ1n) is 7.89. The molecule has 0 saturated heterocycles. The molecule has 1 fully saturated rings. The van der Waals surface area contributed by atoms with Crippen LogP contribution in [0.3, 0.4) is 0 Å². The largest absolute Gasteiger partial charge is 0.445 e. The van der Waals surface area contributed by atoms with Crippen LogP contribution >= 0.6 is 0 Å². The van der Waals surface area contributed by atoms with E-state index in [2.05, 4.69) is 5.32 Å². The molecule has 0 heterocycles. The summed E-state index contributed by atoms with van der Waals surface area (Å²) in [5.74, 6) is -0.0315. The fraction of sp³-hybridized carbons (Fsp3) is 0.529. The summed E-state index contributed by atoms with van der Waals surface area (Å²) in [5, 5.41) is 4.14. The van der Waals surface area contributed by atoms with Crippen LogP contribution in [-0.2, 0) is 21.0 Å². The molecule has 1 N–H and O–H groups in total. The molecule has 1 aromatic rings. The fourth-order valence-corrected chi connectivity index (χ4v) is 2.76. The van der Waals surface area contributed by atoms with Crippen molar-refractivity contribution in [1.29, 1.82) is 0 Å². The number of ether oxygens (including phenoxy) is 1. The summed E-state index contributed by atoms with van der Waals surface area (Å²) >= 11 is 0. The maximum Gasteiger partial charge on any atom is 0.407 e. The van der Waals surface area contributed by atoms with E-state index in [1.54, 1.807) is 7.05 Å². The van der Waals surface area contributed by atoms with Crippen LogP contribution in [0.15, 0.2) is 30.3 Å². The van der Waals surface area contributed by atoms with Gasteiger partial charge in [-0.15, -0.1) is 0 Å². The Balaban J connectivity index is 1.69. The number of alkyl carbamates (subject to hydrolysis) is 1. The normalized spacial score (nSPS) is 20.6. The molecule has 23 heavy (non-hydrogen) atoms. The highest BCUT2D eigenvalue weighted by Gasteiger charge is 2.29. The van der Waals surface area contributed by atoms with Gasteiger partial charge >= 0.3 is 6.09 Å². The number of nitrogens with one attached hydrogen (secondary N) is 1. The van der Waals surface area contributed by atoms with Crippen molar-refractivity contribution in [3.8, 4) is 0 Å². The topological polar surface area (TPSA) is 67.9 Å². The Morgan fingerprint density at radius 1 is 1.17 bits per heavy atom. The van der Waals surface area contributed by atoms with Gasteiger partial charge in [0.25, 0.3) is 0 Å². The zero-order valence-corrected chi connectivity index (χ0v) is 13.7. The molecule has 0 atom stereocenters. The van der Waals surface area contributed by atoms with Crippen molar-refractivity contribution in [3.63, 3.8) is 0 Å². The lowest BCUT2D eigenvalue weighted by molar-refractivity contribution is -0.174. The zero-order valence-electron chi connectivity index (χ0n) is 13.7. The van der Waals surface area contributed by atoms with Crippen molar-refractivity contribution in [3.05, 3.63) is 35.9 Å². The average molecular weight is 320 g/mol. The molecule has 2 rings (SSSR count). The van der Waals surface area contributed by atoms with Crippen molar-refractivity contribution >= 4 is 12.0 Å². The molecule has 0 spiro atoms. The summed E-state index contributed by atoms with van der Waals surface area (Å²) in [6.07, 6.45) is 2.63. The number of hydrogen-bond acceptors (Lipinski definition) is 4. The predicted octanol–water partition coefficient (Wildman–Crippen LogP) is 2.49. The number of benzene rings is 1. The number of carbonyl (C=O) groups is 2. The second-order valence-corrected chi connectivity index (χ2v) is 5.77. The van der Waals surface area contributed by atoms with E-state index in [9.17, 15) is 9.59 Å². The van der Waals surface area contributed by atoms with Crippen molar-refractivity contribution < 1.29 is 19.2 Å². The molecule has 1 aliphatic rings. The quantitative estimate of drug-likeness (QED) is 0.846. The molecular formula is C17H24N2O4. The highest BCUT2D eigenvalue weighted by atomic mass is 16.7. The van der Waals surface area contributed by atoms with Crippen LogP contribution in [0.25, 0.3) is 0 Å². The molecule has 126 valence electrons. The van der Waals surface area contributed by atoms with Gasteiger partial charge in [0.2, 0.25) is 5.91 Å². The molecule has 0 aliphatic heterocycles. The van der Waals surface area contributed by atoms with Gasteiger partial charge in [0, 0.05) is 19.0 Å². The second-order valence-electron chi connectivity index (χ2n) is 5.77. The van der Waals surface area contributed by atoms with E-state index in [-0.39, 0.29) is 24.5 Å². The molecule has 2 amide bonds. The van der Waals surface area contributed by atoms with Crippen LogP contribution in [0, 0.1) is 5.92 Å². The Hall–Kier alpha value is -2.08. The van der Waals surface area contributed by atoms with Gasteiger partial charge in [-0.05, 0) is 31.2 Å². The number of amides is 2. The van der Waals surface area contributed by atoms with Crippen LogP contribution in [0.5, 0.6) is 0 Å². The Morgan fingerprint density at radius 3 is 2.43 bits per heavy atom. The zero-order chi connectivity index (χ0) is 16.7. The number of nitrogens with zero attached hydrogens (tertiary/aromatic N) is 1. The lowest BCUT2D eigenvalue weighted by atomic mass is 9.85. The molecule has 6 nitrogen and oxygen atoms in total. The summed E-state index contributed by atoms with van der Waals surface area (Å²) in [5.41, 5.74) is 0.958. The molecule has 1 saturated carbocycles. The Labute approximate surface area is 136 Å². The van der Waals surface area contributed by atoms with E-state index in [4.69, 9.17) is 9.57 Å². The fourth-order valence-electron chi connectivity index (χ4n) is 2.76. The first-order chi connectivity index (χ1) is 11.1. The summed E-state index contributed by atoms with van der Waals surface area (Å²) in [6.45, 7) is 0.263. The molecule has 6 heteroatoms. The predicted molar refractivity (Wildman–Crippen MR) is 85.3 cm³/mol. The standard InChI is InChI=1S/C17H24N2O4/c1-19(22-2)16(20)14-8-10-15(11-9-14)18-17(21)23-12-13-6-4-3-5-7-13/h3-7,14-15H,8-12H2,1-2H3,(H,18,21). The summed E-state index contributed by atoms with van der Waals surface area (Å²) < 4.78 is 5.22. The summed E-state index contributed by atoms with van der Waals surface area (Å²) in [4.78, 5) is 28.8. The van der Waals surface area contributed by atoms with Crippen molar-refractivity contribution in [1.82, 2.24) is 10.4 Å². The monoisotopic (exact) mass is 320 g/mol. The molecule has 1 aromatic carbocycles. The van der Waals surface area contributed by atoms with Gasteiger partial charge in [-0.2, -0.15) is 0 Å². The van der Waals surface area contributed by atoms with E-state index in [1.165, 1.54) is 12.2 Å². The van der Waals surface area contributed by atoms with Crippen LogP contribution in [-0.4, -0.2) is 37.3 Å². The van der Waals surface area contributed by atoms with E-state index < -0.39 is 6.09 Å². The van der Waals surface area contributed by atoms with E-state index in [0.29, 0.717) is 0 Å². The molecule has 0 radical (unpaired) electrons. The van der Waals surface area contributed by atoms with Crippen LogP contribution < -0.4 is 5.32 Å². The Morgan fingerprint density at radius 2 is 1.83 bits per heavy atom. The third kappa shape index (κ3) is 5.25. The number of hydrogen-bond donors (Lipinski definition) is 1. The van der Waals surface area contributed by atoms with E-state index in [0.717, 1.165) is 31.2 Å². The van der Waals surface area contributed by atoms with Crippen molar-refractivity contribution in [2.75, 3.05) is 14.2 Å². The highest BCUT2D eigenvalue weighted by Crippen LogP contribution is 2.25. The first kappa shape index (κ1) is 17.3. The summed E-state index contributed by atoms with van der Waals surface area (Å²) in [6, 6.07) is 9.63. The minimum Gasteiger partial charge on any atom is -0.445 e. The minimum absolute atomic E-state index is 0.00222. The van der Waals surface area contributed by atoms with Gasteiger partial charge in [0.1, 0.15) is 6.61 Å². The number of hydroxylamine groups is 2. The molecule has 0 unspecified atom stereocenters. The summed E-state index contributed by atoms with van der Waals surface area (Å²) in [7, 11) is 3.10. The smallest absolute Gasteiger partial charge is 0.407 e. The lowest BCUT2D eigenvalue weighted by Crippen LogP contribution is -2.41. The maximum atomic E-state index is 12.0. The SMILES string of the molecule is CON(C)C(=O)C1CCC(NC(=O)OCc2ccccc2)CC1. The Kier molecular flexibility index (Phi) is 6.40. The van der Waals surface area contributed by atoms with Gasteiger partial charge < -0.3 is 10.1 Å². The van der Waals surface area contributed by atoms with Crippen LogP contribution in [0.2, 0.25) is 0 Å². The molecule has 0 bridgehead atoms. The van der Waals surface area contributed by atoms with Crippen LogP contribution in [0.4, 0.5) is 4.79 Å². The lowest BCUT2D eigenvalue weighted by Gasteiger charge is -2.29. The van der Waals surface area contributed by atoms with E-state index in [1.807, 2.05) is 30.3 Å². The molecule has 1 aliphatic carbocycles. The first-order valence-corrected chi connectivity index (χ1v) is 7.89. The Bertz CT molecular complexity index is 513. The van der Waals surface area contributed by atoms with Crippen LogP contribution in [0.1, 0.15) is 31.2 Å². The molecule has 0 aromatic heterocycles. The van der Waals surface area contributed by atoms with Crippen molar-refractivity contribution in [2.45, 2.75) is 38.3 Å².